The van der Waals surface area contributed by atoms with E-state index in [9.17, 15) is 4.79 Å². The number of fused-ring (bicyclic) bond motifs is 12. The molecule has 0 saturated heterocycles. The molecule has 15 rings (SSSR count). The maximum atomic E-state index is 11.1. The first-order chi connectivity index (χ1) is 38.6. The number of hydrogen-bond donors (Lipinski definition) is 1. The van der Waals surface area contributed by atoms with Gasteiger partial charge in [-0.1, -0.05) is 164 Å². The molecule has 0 atom stereocenters. The number of pyridine rings is 6. The topological polar surface area (TPSA) is 127 Å². The molecule has 0 aliphatic carbocycles. The second kappa shape index (κ2) is 21.9. The van der Waals surface area contributed by atoms with Crippen LogP contribution in [-0.2, 0) is 25.9 Å². The number of hydrogen-bond acceptors (Lipinski definition) is 8. The predicted octanol–water partition coefficient (Wildman–Crippen LogP) is 16.4. The third-order valence-electron chi connectivity index (χ3n) is 14.3. The number of aromatic nitrogens is 6. The first-order valence-electron chi connectivity index (χ1n) is 25.7. The van der Waals surface area contributed by atoms with Gasteiger partial charge in [0.2, 0.25) is 0 Å². The van der Waals surface area contributed by atoms with E-state index in [1.54, 1.807) is 24.5 Å². The van der Waals surface area contributed by atoms with Crippen LogP contribution in [0, 0.1) is 0 Å². The molecule has 376 valence electrons. The quantitative estimate of drug-likeness (QED) is 0.129. The number of aromatic carboxylic acids is 1. The van der Waals surface area contributed by atoms with Gasteiger partial charge in [-0.3, -0.25) is 34.9 Å². The summed E-state index contributed by atoms with van der Waals surface area (Å²) in [5.74, 6) is -0.928. The van der Waals surface area contributed by atoms with Gasteiger partial charge in [-0.05, 0) is 110 Å². The van der Waals surface area contributed by atoms with E-state index in [4.69, 9.17) is 10.1 Å². The summed E-state index contributed by atoms with van der Waals surface area (Å²) in [6.07, 6.45) is 11.7. The first kappa shape index (κ1) is 49.8. The van der Waals surface area contributed by atoms with Crippen molar-refractivity contribution in [3.05, 3.63) is 272 Å². The number of carboxylic acids is 1. The van der Waals surface area contributed by atoms with E-state index in [-0.39, 0.29) is 25.0 Å². The fourth-order valence-electron chi connectivity index (χ4n) is 10.7. The zero-order chi connectivity index (χ0) is 52.4. The van der Waals surface area contributed by atoms with Gasteiger partial charge in [0.05, 0.1) is 50.1 Å². The third kappa shape index (κ3) is 9.56. The van der Waals surface area contributed by atoms with E-state index in [1.165, 1.54) is 44.5 Å². The van der Waals surface area contributed by atoms with Crippen molar-refractivity contribution in [2.45, 2.75) is 6.42 Å². The Bertz CT molecular complexity index is 4210. The first-order valence-corrected chi connectivity index (χ1v) is 25.7. The Morgan fingerprint density at radius 1 is 0.316 bits per heavy atom. The molecule has 0 spiro atoms. The molecule has 1 N–H and O–H groups in total. The van der Waals surface area contributed by atoms with Crippen LogP contribution in [0.4, 0.5) is 5.69 Å². The van der Waals surface area contributed by atoms with Crippen molar-refractivity contribution < 1.29 is 29.4 Å². The second-order valence-electron chi connectivity index (χ2n) is 18.9. The molecule has 0 fully saturated rings. The van der Waals surface area contributed by atoms with Crippen molar-refractivity contribution in [2.75, 3.05) is 0 Å². The molecule has 1 aliphatic heterocycles. The van der Waals surface area contributed by atoms with Gasteiger partial charge in [-0.2, -0.15) is 0 Å². The molecule has 0 bridgehead atoms. The van der Waals surface area contributed by atoms with E-state index in [1.807, 2.05) is 79.4 Å². The maximum absolute atomic E-state index is 11.1. The molecule has 79 heavy (non-hydrogen) atoms. The monoisotopic (exact) mass is 1110 g/mol. The van der Waals surface area contributed by atoms with Crippen LogP contribution < -0.4 is 0 Å². The molecule has 0 saturated carbocycles. The number of nitrogens with zero attached hydrogens (tertiary/aromatic N) is 7. The smallest absolute Gasteiger partial charge is 0.335 e. The van der Waals surface area contributed by atoms with Gasteiger partial charge in [0.1, 0.15) is 0 Å². The van der Waals surface area contributed by atoms with Gasteiger partial charge in [0.25, 0.3) is 0 Å². The molecular weight excluding hydrogens is 1060 g/mol. The van der Waals surface area contributed by atoms with E-state index in [0.717, 1.165) is 87.9 Å². The Morgan fingerprint density at radius 2 is 0.646 bits per heavy atom. The largest absolute Gasteiger partial charge is 0.478 e. The van der Waals surface area contributed by atoms with Crippen molar-refractivity contribution in [1.82, 2.24) is 29.9 Å². The van der Waals surface area contributed by atoms with Crippen molar-refractivity contribution in [1.29, 1.82) is 0 Å². The predicted molar refractivity (Wildman–Crippen MR) is 316 cm³/mol. The average Bonchev–Trinajstić information content (AvgIpc) is 4.13. The molecule has 7 heterocycles. The molecule has 0 radical (unpaired) electrons. The van der Waals surface area contributed by atoms with Crippen LogP contribution in [0.3, 0.4) is 0 Å². The Kier molecular flexibility index (Phi) is 13.8. The van der Waals surface area contributed by atoms with E-state index < -0.39 is 5.97 Å². The standard InChI is InChI=1S/2C24H16N2.C21H13N3O2.Ru/c2*1-3-7-17(8-4-1)19-13-15-25-23-21(19)11-12-22-20(14-16-26-24(22)23)18-9-5-2-6-10-18;25-21(26)13-7-5-12(6-8-13)17-11-16-14-3-1-9-22-19(14)20-15(18(16)24-17)4-2-10-23-20;/h2*1-16H;1-10H,11H2,(H,25,26);. The summed E-state index contributed by atoms with van der Waals surface area (Å²) >= 11 is 0. The summed E-state index contributed by atoms with van der Waals surface area (Å²) in [5.41, 5.74) is 19.3. The molecule has 1 aliphatic rings. The number of carbonyl (C=O) groups is 1. The molecule has 10 heteroatoms. The summed E-state index contributed by atoms with van der Waals surface area (Å²) in [5, 5.41) is 15.6. The Hall–Kier alpha value is -10.0. The number of aliphatic imine (C=N–C) groups is 1. The Labute approximate surface area is 467 Å². The zero-order valence-corrected chi connectivity index (χ0v) is 44.0. The van der Waals surface area contributed by atoms with Gasteiger partial charge >= 0.3 is 5.97 Å². The van der Waals surface area contributed by atoms with E-state index in [2.05, 4.69) is 182 Å². The van der Waals surface area contributed by atoms with E-state index in [0.29, 0.717) is 6.42 Å². The molecule has 9 nitrogen and oxygen atoms in total. The summed E-state index contributed by atoms with van der Waals surface area (Å²) in [4.78, 5) is 43.7. The summed E-state index contributed by atoms with van der Waals surface area (Å²) in [6, 6.07) is 73.5. The normalized spacial score (nSPS) is 11.6. The van der Waals surface area contributed by atoms with Gasteiger partial charge < -0.3 is 5.11 Å². The van der Waals surface area contributed by atoms with Crippen LogP contribution >= 0.6 is 0 Å². The van der Waals surface area contributed by atoms with Crippen LogP contribution in [0.5, 0.6) is 0 Å². The minimum absolute atomic E-state index is 0. The van der Waals surface area contributed by atoms with Gasteiger partial charge in [0, 0.05) is 95.4 Å². The van der Waals surface area contributed by atoms with Crippen LogP contribution in [-0.4, -0.2) is 46.7 Å². The number of rotatable bonds is 6. The molecule has 0 amide bonds. The summed E-state index contributed by atoms with van der Waals surface area (Å²) < 4.78 is 0. The van der Waals surface area contributed by atoms with Crippen LogP contribution in [0.2, 0.25) is 0 Å². The minimum atomic E-state index is -0.928. The fourth-order valence-corrected chi connectivity index (χ4v) is 10.7. The summed E-state index contributed by atoms with van der Waals surface area (Å²) in [7, 11) is 0. The van der Waals surface area contributed by atoms with E-state index >= 15 is 0 Å². The van der Waals surface area contributed by atoms with Gasteiger partial charge in [0.15, 0.2) is 0 Å². The van der Waals surface area contributed by atoms with Gasteiger partial charge in [-0.15, -0.1) is 0 Å². The SMILES string of the molecule is O=C(O)c1ccc(C2=Nc3c(c4cccnc4c4ncccc34)C2)cc1.[Ru].c1ccc(-c2ccnc3c2ccc2c(-c4ccccc4)ccnc23)cc1.c1ccc(-c2ccnc3c2ccc2c(-c4ccccc4)ccnc23)cc1. The fraction of sp³-hybridized carbons (Fsp3) is 0.0145. The zero-order valence-electron chi connectivity index (χ0n) is 42.3. The Morgan fingerprint density at radius 3 is 1.01 bits per heavy atom. The van der Waals surface area contributed by atoms with Crippen molar-refractivity contribution in [3.63, 3.8) is 0 Å². The van der Waals surface area contributed by atoms with Crippen molar-refractivity contribution in [3.8, 4) is 44.5 Å². The second-order valence-corrected chi connectivity index (χ2v) is 18.9. The van der Waals surface area contributed by atoms with Crippen molar-refractivity contribution >= 4 is 82.8 Å². The Balaban J connectivity index is 0.000000118. The number of benzene rings is 8. The minimum Gasteiger partial charge on any atom is -0.478 e. The third-order valence-corrected chi connectivity index (χ3v) is 14.3. The molecular formula is C69H45N7O2Ru. The molecule has 8 aromatic carbocycles. The average molecular weight is 1110 g/mol. The molecule has 0 unspecified atom stereocenters. The summed E-state index contributed by atoms with van der Waals surface area (Å²) in [6.45, 7) is 0. The maximum Gasteiger partial charge on any atom is 0.335 e. The number of carboxylic acid groups (broad SMARTS) is 1. The molecule has 6 aromatic heterocycles. The van der Waals surface area contributed by atoms with Crippen molar-refractivity contribution in [2.24, 2.45) is 4.99 Å². The molecule has 14 aromatic rings. The van der Waals surface area contributed by atoms with Crippen LogP contribution in [0.25, 0.3) is 110 Å². The van der Waals surface area contributed by atoms with Crippen LogP contribution in [0.15, 0.2) is 261 Å². The van der Waals surface area contributed by atoms with Crippen LogP contribution in [0.1, 0.15) is 21.5 Å². The van der Waals surface area contributed by atoms with Gasteiger partial charge in [-0.25, -0.2) is 4.79 Å².